The second kappa shape index (κ2) is 5.97. The highest BCUT2D eigenvalue weighted by Crippen LogP contribution is 2.33. The van der Waals surface area contributed by atoms with E-state index in [1.54, 1.807) is 22.7 Å². The number of thiophene rings is 2. The van der Waals surface area contributed by atoms with Crippen molar-refractivity contribution in [2.45, 2.75) is 32.0 Å². The Labute approximate surface area is 117 Å². The Balaban J connectivity index is 2.21. The van der Waals surface area contributed by atoms with Crippen molar-refractivity contribution in [3.8, 4) is 0 Å². The molecule has 2 aromatic rings. The number of rotatable bonds is 5. The zero-order valence-electron chi connectivity index (χ0n) is 11.0. The maximum Gasteiger partial charge on any atom is 0.0508 e. The van der Waals surface area contributed by atoms with E-state index in [1.165, 1.54) is 10.4 Å². The van der Waals surface area contributed by atoms with Crippen LogP contribution >= 0.6 is 22.7 Å². The molecule has 0 aromatic carbocycles. The van der Waals surface area contributed by atoms with Crippen LogP contribution in [0, 0.1) is 0 Å². The van der Waals surface area contributed by atoms with E-state index >= 15 is 0 Å². The molecule has 2 aromatic heterocycles. The lowest BCUT2D eigenvalue weighted by Crippen LogP contribution is -2.38. The first kappa shape index (κ1) is 13.7. The van der Waals surface area contributed by atoms with Gasteiger partial charge in [-0.2, -0.15) is 11.3 Å². The summed E-state index contributed by atoms with van der Waals surface area (Å²) in [4.78, 5) is 3.76. The normalized spacial score (nSPS) is 16.7. The molecule has 2 heterocycles. The number of hydrogen-bond donors (Lipinski definition) is 1. The van der Waals surface area contributed by atoms with Crippen LogP contribution in [-0.2, 0) is 0 Å². The molecule has 4 heteroatoms. The number of nitrogens with two attached hydrogens (primary N) is 1. The van der Waals surface area contributed by atoms with Crippen LogP contribution in [0.5, 0.6) is 0 Å². The van der Waals surface area contributed by atoms with Crippen LogP contribution in [0.25, 0.3) is 0 Å². The Hall–Kier alpha value is -0.680. The van der Waals surface area contributed by atoms with Crippen LogP contribution in [0.1, 0.15) is 36.4 Å². The summed E-state index contributed by atoms with van der Waals surface area (Å²) in [5, 5.41) is 6.45. The van der Waals surface area contributed by atoms with Crippen molar-refractivity contribution < 1.29 is 0 Å². The van der Waals surface area contributed by atoms with Crippen molar-refractivity contribution >= 4 is 22.7 Å². The molecule has 0 aliphatic heterocycles. The van der Waals surface area contributed by atoms with E-state index < -0.39 is 0 Å². The average Bonchev–Trinajstić information content (AvgIpc) is 3.00. The second-order valence-corrected chi connectivity index (χ2v) is 6.48. The number of hydrogen-bond acceptors (Lipinski definition) is 4. The molecule has 0 bridgehead atoms. The van der Waals surface area contributed by atoms with Crippen LogP contribution in [0.15, 0.2) is 34.3 Å². The third kappa shape index (κ3) is 2.83. The van der Waals surface area contributed by atoms with Crippen LogP contribution in [0.2, 0.25) is 0 Å². The molecule has 0 aliphatic rings. The largest absolute Gasteiger partial charge is 0.326 e. The van der Waals surface area contributed by atoms with Gasteiger partial charge in [0.15, 0.2) is 0 Å². The third-order valence-corrected chi connectivity index (χ3v) is 5.13. The summed E-state index contributed by atoms with van der Waals surface area (Å²) in [6.07, 6.45) is 0. The van der Waals surface area contributed by atoms with Gasteiger partial charge in [-0.15, -0.1) is 11.3 Å². The van der Waals surface area contributed by atoms with Gasteiger partial charge in [0.25, 0.3) is 0 Å². The minimum atomic E-state index is 0.118. The Kier molecular flexibility index (Phi) is 4.56. The molecule has 98 valence electrons. The van der Waals surface area contributed by atoms with Gasteiger partial charge in [-0.25, -0.2) is 0 Å². The lowest BCUT2D eigenvalue weighted by Gasteiger charge is -2.35. The number of nitrogens with zero attached hydrogens (tertiary/aromatic N) is 1. The van der Waals surface area contributed by atoms with Gasteiger partial charge in [-0.1, -0.05) is 6.07 Å². The molecule has 0 radical (unpaired) electrons. The zero-order chi connectivity index (χ0) is 13.1. The summed E-state index contributed by atoms with van der Waals surface area (Å²) in [5.41, 5.74) is 7.51. The van der Waals surface area contributed by atoms with Gasteiger partial charge in [-0.3, -0.25) is 4.90 Å². The molecular formula is C14H20N2S2. The first-order valence-corrected chi connectivity index (χ1v) is 7.96. The summed E-state index contributed by atoms with van der Waals surface area (Å²) in [7, 11) is 2.16. The van der Waals surface area contributed by atoms with E-state index in [2.05, 4.69) is 60.1 Å². The monoisotopic (exact) mass is 280 g/mol. The van der Waals surface area contributed by atoms with Gasteiger partial charge in [0, 0.05) is 17.0 Å². The molecule has 2 nitrogen and oxygen atoms in total. The Morgan fingerprint density at radius 3 is 2.50 bits per heavy atom. The highest BCUT2D eigenvalue weighted by atomic mass is 32.1. The predicted octanol–water partition coefficient (Wildman–Crippen LogP) is 3.89. The molecular weight excluding hydrogens is 260 g/mol. The van der Waals surface area contributed by atoms with Crippen molar-refractivity contribution in [2.24, 2.45) is 5.73 Å². The fourth-order valence-corrected chi connectivity index (χ4v) is 3.85. The molecule has 2 N–H and O–H groups in total. The Morgan fingerprint density at radius 2 is 2.00 bits per heavy atom. The van der Waals surface area contributed by atoms with Crippen molar-refractivity contribution in [2.75, 3.05) is 7.05 Å². The van der Waals surface area contributed by atoms with Gasteiger partial charge in [0.2, 0.25) is 0 Å². The minimum absolute atomic E-state index is 0.118. The molecule has 0 saturated carbocycles. The highest BCUT2D eigenvalue weighted by Gasteiger charge is 2.26. The third-order valence-electron chi connectivity index (χ3n) is 3.39. The van der Waals surface area contributed by atoms with E-state index in [0.717, 1.165) is 0 Å². The maximum absolute atomic E-state index is 6.19. The SMILES string of the molecule is CC(N)C(c1ccsc1)N(C)C(C)c1cccs1. The van der Waals surface area contributed by atoms with Crippen LogP contribution < -0.4 is 5.73 Å². The summed E-state index contributed by atoms with van der Waals surface area (Å²) in [6, 6.07) is 7.25. The maximum atomic E-state index is 6.19. The fourth-order valence-electron chi connectivity index (χ4n) is 2.32. The molecule has 0 amide bonds. The van der Waals surface area contributed by atoms with Gasteiger partial charge >= 0.3 is 0 Å². The first-order valence-electron chi connectivity index (χ1n) is 6.14. The van der Waals surface area contributed by atoms with Crippen molar-refractivity contribution in [1.82, 2.24) is 4.90 Å². The predicted molar refractivity (Wildman–Crippen MR) is 81.2 cm³/mol. The van der Waals surface area contributed by atoms with Gasteiger partial charge < -0.3 is 5.73 Å². The van der Waals surface area contributed by atoms with E-state index in [-0.39, 0.29) is 12.1 Å². The standard InChI is InChI=1S/C14H20N2S2/c1-10(15)14(12-6-8-17-9-12)16(3)11(2)13-5-4-7-18-13/h4-11,14H,15H2,1-3H3. The molecule has 0 aliphatic carbocycles. The summed E-state index contributed by atoms with van der Waals surface area (Å²) >= 11 is 3.54. The number of likely N-dealkylation sites (N-methyl/N-ethyl adjacent to an activating group) is 1. The Bertz CT molecular complexity index is 448. The fraction of sp³-hybridized carbons (Fsp3) is 0.429. The summed E-state index contributed by atoms with van der Waals surface area (Å²) in [5.74, 6) is 0. The molecule has 18 heavy (non-hydrogen) atoms. The quantitative estimate of drug-likeness (QED) is 0.900. The molecule has 3 unspecified atom stereocenters. The van der Waals surface area contributed by atoms with E-state index in [1.807, 2.05) is 0 Å². The topological polar surface area (TPSA) is 29.3 Å². The smallest absolute Gasteiger partial charge is 0.0508 e. The molecule has 3 atom stereocenters. The van der Waals surface area contributed by atoms with Crippen molar-refractivity contribution in [3.05, 3.63) is 44.8 Å². The van der Waals surface area contributed by atoms with Gasteiger partial charge in [-0.05, 0) is 54.7 Å². The van der Waals surface area contributed by atoms with Crippen molar-refractivity contribution in [3.63, 3.8) is 0 Å². The Morgan fingerprint density at radius 1 is 1.22 bits per heavy atom. The molecule has 0 spiro atoms. The molecule has 2 rings (SSSR count). The minimum Gasteiger partial charge on any atom is -0.326 e. The summed E-state index contributed by atoms with van der Waals surface area (Å²) in [6.45, 7) is 4.33. The lowest BCUT2D eigenvalue weighted by atomic mass is 10.0. The highest BCUT2D eigenvalue weighted by molar-refractivity contribution is 7.10. The van der Waals surface area contributed by atoms with Gasteiger partial charge in [0.05, 0.1) is 6.04 Å². The molecule has 0 saturated heterocycles. The van der Waals surface area contributed by atoms with E-state index in [4.69, 9.17) is 5.73 Å². The van der Waals surface area contributed by atoms with Crippen LogP contribution in [-0.4, -0.2) is 18.0 Å². The summed E-state index contributed by atoms with van der Waals surface area (Å²) < 4.78 is 0. The van der Waals surface area contributed by atoms with E-state index in [0.29, 0.717) is 6.04 Å². The lowest BCUT2D eigenvalue weighted by molar-refractivity contribution is 0.168. The van der Waals surface area contributed by atoms with Crippen molar-refractivity contribution in [1.29, 1.82) is 0 Å². The average molecular weight is 280 g/mol. The van der Waals surface area contributed by atoms with Crippen LogP contribution in [0.4, 0.5) is 0 Å². The van der Waals surface area contributed by atoms with Crippen LogP contribution in [0.3, 0.4) is 0 Å². The zero-order valence-corrected chi connectivity index (χ0v) is 12.7. The second-order valence-electron chi connectivity index (χ2n) is 4.72. The van der Waals surface area contributed by atoms with Gasteiger partial charge in [0.1, 0.15) is 0 Å². The first-order chi connectivity index (χ1) is 8.61. The van der Waals surface area contributed by atoms with E-state index in [9.17, 15) is 0 Å². The molecule has 0 fully saturated rings.